The second kappa shape index (κ2) is 57.9. The maximum Gasteiger partial charge on any atom is 0.472 e. The van der Waals surface area contributed by atoms with Gasteiger partial charge in [0, 0.05) is 12.8 Å². The summed E-state index contributed by atoms with van der Waals surface area (Å²) in [6.45, 7) is 6.88. The molecular formula is C68H128N2O7P+. The van der Waals surface area contributed by atoms with Crippen molar-refractivity contribution in [2.45, 2.75) is 322 Å². The highest BCUT2D eigenvalue weighted by molar-refractivity contribution is 7.47. The first-order chi connectivity index (χ1) is 37.9. The van der Waals surface area contributed by atoms with Crippen LogP contribution in [0.5, 0.6) is 0 Å². The minimum absolute atomic E-state index is 0.0357. The molecule has 0 saturated heterocycles. The summed E-state index contributed by atoms with van der Waals surface area (Å²) in [6.07, 6.45) is 73.9. The number of carbonyl (C=O) groups is 2. The van der Waals surface area contributed by atoms with Crippen LogP contribution in [0.1, 0.15) is 310 Å². The van der Waals surface area contributed by atoms with Crippen LogP contribution in [0.15, 0.2) is 60.8 Å². The Labute approximate surface area is 483 Å². The number of allylic oxidation sites excluding steroid dienone is 9. The van der Waals surface area contributed by atoms with Crippen molar-refractivity contribution in [2.75, 3.05) is 40.9 Å². The number of rotatable bonds is 60. The summed E-state index contributed by atoms with van der Waals surface area (Å²) in [4.78, 5) is 37.7. The third kappa shape index (κ3) is 58.4. The number of amides is 1. The molecule has 0 aromatic carbocycles. The van der Waals surface area contributed by atoms with Gasteiger partial charge in [-0.1, -0.05) is 281 Å². The van der Waals surface area contributed by atoms with Crippen molar-refractivity contribution in [1.29, 1.82) is 0 Å². The highest BCUT2D eigenvalue weighted by Gasteiger charge is 2.30. The van der Waals surface area contributed by atoms with E-state index in [0.717, 1.165) is 83.5 Å². The lowest BCUT2D eigenvalue weighted by Crippen LogP contribution is -2.47. The van der Waals surface area contributed by atoms with E-state index in [1.807, 2.05) is 33.3 Å². The zero-order valence-electron chi connectivity index (χ0n) is 52.2. The van der Waals surface area contributed by atoms with Crippen molar-refractivity contribution in [3.05, 3.63) is 60.8 Å². The number of likely N-dealkylation sites (N-methyl/N-ethyl adjacent to an activating group) is 1. The van der Waals surface area contributed by atoms with Gasteiger partial charge in [0.1, 0.15) is 19.3 Å². The molecule has 0 saturated carbocycles. The number of hydrogen-bond acceptors (Lipinski definition) is 6. The molecule has 1 amide bonds. The molecule has 0 aliphatic rings. The molecule has 10 heteroatoms. The van der Waals surface area contributed by atoms with E-state index in [1.54, 1.807) is 0 Å². The molecule has 0 aromatic rings. The van der Waals surface area contributed by atoms with Gasteiger partial charge in [0.25, 0.3) is 0 Å². The van der Waals surface area contributed by atoms with Crippen molar-refractivity contribution < 1.29 is 37.3 Å². The fraction of sp³-hybridized carbons (Fsp3) is 0.824. The Bertz CT molecular complexity index is 1520. The van der Waals surface area contributed by atoms with Gasteiger partial charge >= 0.3 is 13.8 Å². The van der Waals surface area contributed by atoms with Crippen LogP contribution in [-0.2, 0) is 27.9 Å². The molecule has 0 aromatic heterocycles. The Kier molecular flexibility index (Phi) is 56.2. The summed E-state index contributed by atoms with van der Waals surface area (Å²) in [5, 5.41) is 3.05. The van der Waals surface area contributed by atoms with Gasteiger partial charge < -0.3 is 19.4 Å². The summed E-state index contributed by atoms with van der Waals surface area (Å²) in [5.74, 6) is -0.520. The molecule has 0 spiro atoms. The van der Waals surface area contributed by atoms with Gasteiger partial charge in [-0.25, -0.2) is 4.57 Å². The van der Waals surface area contributed by atoms with Crippen molar-refractivity contribution in [3.63, 3.8) is 0 Å². The van der Waals surface area contributed by atoms with Crippen LogP contribution in [0.4, 0.5) is 0 Å². The van der Waals surface area contributed by atoms with Gasteiger partial charge in [-0.05, 0) is 76.7 Å². The lowest BCUT2D eigenvalue weighted by atomic mass is 10.0. The number of ether oxygens (including phenoxy) is 1. The lowest BCUT2D eigenvalue weighted by molar-refractivity contribution is -0.870. The summed E-state index contributed by atoms with van der Waals surface area (Å²) < 4.78 is 30.7. The Morgan fingerprint density at radius 2 is 0.833 bits per heavy atom. The summed E-state index contributed by atoms with van der Waals surface area (Å²) in [5.41, 5.74) is 0. The minimum atomic E-state index is -4.45. The van der Waals surface area contributed by atoms with Crippen LogP contribution in [0, 0.1) is 0 Å². The predicted molar refractivity (Wildman–Crippen MR) is 337 cm³/mol. The highest BCUT2D eigenvalue weighted by atomic mass is 31.2. The molecule has 0 aliphatic heterocycles. The third-order valence-electron chi connectivity index (χ3n) is 14.8. The van der Waals surface area contributed by atoms with Gasteiger partial charge in [-0.2, -0.15) is 0 Å². The van der Waals surface area contributed by atoms with Gasteiger partial charge in [0.2, 0.25) is 5.91 Å². The Morgan fingerprint density at radius 3 is 1.26 bits per heavy atom. The number of carbonyl (C=O) groups excluding carboxylic acids is 2. The van der Waals surface area contributed by atoms with Crippen LogP contribution in [0.25, 0.3) is 0 Å². The Balaban J connectivity index is 4.99. The first-order valence-electron chi connectivity index (χ1n) is 33.1. The number of nitrogens with zero attached hydrogens (tertiary/aromatic N) is 1. The monoisotopic (exact) mass is 1120 g/mol. The van der Waals surface area contributed by atoms with Crippen LogP contribution in [0.2, 0.25) is 0 Å². The molecule has 0 fully saturated rings. The average Bonchev–Trinajstić information content (AvgIpc) is 3.40. The van der Waals surface area contributed by atoms with Crippen LogP contribution in [-0.4, -0.2) is 74.3 Å². The molecule has 2 N–H and O–H groups in total. The molecule has 3 atom stereocenters. The number of unbranched alkanes of at least 4 members (excludes halogenated alkanes) is 38. The summed E-state index contributed by atoms with van der Waals surface area (Å²) in [7, 11) is 1.49. The average molecular weight is 1120 g/mol. The predicted octanol–water partition coefficient (Wildman–Crippen LogP) is 20.6. The zero-order valence-corrected chi connectivity index (χ0v) is 53.1. The molecule has 78 heavy (non-hydrogen) atoms. The molecular weight excluding hydrogens is 988 g/mol. The van der Waals surface area contributed by atoms with Crippen LogP contribution >= 0.6 is 7.82 Å². The number of quaternary nitrogens is 1. The summed E-state index contributed by atoms with van der Waals surface area (Å²) in [6, 6.07) is -0.858. The molecule has 0 heterocycles. The van der Waals surface area contributed by atoms with E-state index in [4.69, 9.17) is 13.8 Å². The number of hydrogen-bond donors (Lipinski definition) is 2. The van der Waals surface area contributed by atoms with Crippen LogP contribution in [0.3, 0.4) is 0 Å². The van der Waals surface area contributed by atoms with Crippen molar-refractivity contribution in [3.8, 4) is 0 Å². The third-order valence-corrected chi connectivity index (χ3v) is 15.7. The highest BCUT2D eigenvalue weighted by Crippen LogP contribution is 2.43. The van der Waals surface area contributed by atoms with E-state index in [9.17, 15) is 19.0 Å². The topological polar surface area (TPSA) is 111 Å². The number of nitrogens with one attached hydrogen (secondary N) is 1. The van der Waals surface area contributed by atoms with E-state index in [1.165, 1.54) is 193 Å². The van der Waals surface area contributed by atoms with E-state index in [2.05, 4.69) is 74.7 Å². The molecule has 456 valence electrons. The van der Waals surface area contributed by atoms with Gasteiger partial charge in [0.15, 0.2) is 0 Å². The standard InChI is InChI=1S/C68H127N2O7P/c1-7-10-13-16-19-22-25-28-29-30-31-32-33-34-35-36-37-38-39-40-41-43-46-49-52-55-58-61-68(72)77-66(59-56-53-50-47-44-27-24-21-18-15-12-9-3)65(64-76-78(73,74)75-63-62-70(4,5)6)69-67(71)60-57-54-51-48-45-42-26-23-20-17-14-11-8-2/h11,14,17,20,23,26,28-29,56,59,65-66H,7-10,12-13,15-16,18-19,21-22,24-25,27,30-55,57-58,60-64H2,1-6H3,(H-,69,71,73,74)/p+1/b14-11+,20-17+,26-23-,29-28+,59-56-. The molecule has 9 nitrogen and oxygen atoms in total. The molecule has 0 aliphatic carbocycles. The molecule has 0 bridgehead atoms. The van der Waals surface area contributed by atoms with Gasteiger partial charge in [0.05, 0.1) is 33.8 Å². The Hall–Kier alpha value is -2.29. The van der Waals surface area contributed by atoms with E-state index in [0.29, 0.717) is 17.4 Å². The first kappa shape index (κ1) is 75.7. The number of phosphoric ester groups is 1. The second-order valence-electron chi connectivity index (χ2n) is 23.7. The van der Waals surface area contributed by atoms with Crippen LogP contribution < -0.4 is 5.32 Å². The molecule has 0 rings (SSSR count). The largest absolute Gasteiger partial charge is 0.472 e. The SMILES string of the molecule is CC/C=C/C=C/C=C\CCCCCCCC(=O)NC(COP(=O)(O)OCC[N+](C)(C)C)C(/C=C\CCCCCCCCCCCC)OC(=O)CCCCCCCCCCCCCCCCCCC/C=C/CCCCCCCC. The summed E-state index contributed by atoms with van der Waals surface area (Å²) >= 11 is 0. The lowest BCUT2D eigenvalue weighted by Gasteiger charge is -2.27. The fourth-order valence-corrected chi connectivity index (χ4v) is 10.4. The smallest absolute Gasteiger partial charge is 0.456 e. The number of phosphoric acid groups is 1. The minimum Gasteiger partial charge on any atom is -0.456 e. The maximum atomic E-state index is 13.5. The fourth-order valence-electron chi connectivity index (χ4n) is 9.64. The normalized spacial score (nSPS) is 14.0. The first-order valence-corrected chi connectivity index (χ1v) is 34.6. The molecule has 0 radical (unpaired) electrons. The second-order valence-corrected chi connectivity index (χ2v) is 25.1. The molecule has 3 unspecified atom stereocenters. The van der Waals surface area contributed by atoms with E-state index < -0.39 is 20.0 Å². The van der Waals surface area contributed by atoms with Gasteiger partial charge in [-0.3, -0.25) is 18.6 Å². The zero-order chi connectivity index (χ0) is 57.2. The number of esters is 1. The maximum absolute atomic E-state index is 13.5. The van der Waals surface area contributed by atoms with E-state index >= 15 is 0 Å². The van der Waals surface area contributed by atoms with Crippen molar-refractivity contribution in [2.24, 2.45) is 0 Å². The van der Waals surface area contributed by atoms with Gasteiger partial charge in [-0.15, -0.1) is 0 Å². The quantitative estimate of drug-likeness (QED) is 0.0156. The van der Waals surface area contributed by atoms with E-state index in [-0.39, 0.29) is 31.5 Å². The Morgan fingerprint density at radius 1 is 0.462 bits per heavy atom. The van der Waals surface area contributed by atoms with Crippen molar-refractivity contribution in [1.82, 2.24) is 5.32 Å². The van der Waals surface area contributed by atoms with Crippen molar-refractivity contribution >= 4 is 19.7 Å².